The van der Waals surface area contributed by atoms with Crippen molar-refractivity contribution in [2.24, 2.45) is 0 Å². The van der Waals surface area contributed by atoms with E-state index < -0.39 is 0 Å². The zero-order valence-corrected chi connectivity index (χ0v) is 7.93. The Balaban J connectivity index is 2.29. The van der Waals surface area contributed by atoms with Gasteiger partial charge in [-0.2, -0.15) is 0 Å². The second-order valence-corrected chi connectivity index (χ2v) is 3.12. The van der Waals surface area contributed by atoms with Crippen molar-refractivity contribution in [1.29, 1.82) is 0 Å². The van der Waals surface area contributed by atoms with Crippen LogP contribution in [0.2, 0.25) is 0 Å². The topological polar surface area (TPSA) is 69.6 Å². The van der Waals surface area contributed by atoms with Crippen molar-refractivity contribution < 1.29 is 14.7 Å². The normalized spacial score (nSPS) is 14.6. The molecule has 5 heteroatoms. The van der Waals surface area contributed by atoms with Crippen LogP contribution in [0.25, 0.3) is 0 Å². The summed E-state index contributed by atoms with van der Waals surface area (Å²) in [5, 5.41) is 9.54. The number of hydrogen-bond acceptors (Lipinski definition) is 4. The minimum atomic E-state index is -0.371. The lowest BCUT2D eigenvalue weighted by Crippen LogP contribution is -2.43. The van der Waals surface area contributed by atoms with Gasteiger partial charge in [-0.1, -0.05) is 12.1 Å². The quantitative estimate of drug-likeness (QED) is 0.671. The molecule has 78 valence electrons. The molecule has 2 N–H and O–H groups in total. The fourth-order valence-electron chi connectivity index (χ4n) is 1.49. The molecule has 1 aromatic rings. The van der Waals surface area contributed by atoms with Crippen molar-refractivity contribution in [3.8, 4) is 0 Å². The van der Waals surface area contributed by atoms with Crippen molar-refractivity contribution in [2.45, 2.75) is 0 Å². The van der Waals surface area contributed by atoms with Gasteiger partial charge in [0.15, 0.2) is 0 Å². The van der Waals surface area contributed by atoms with Gasteiger partial charge in [-0.15, -0.1) is 0 Å². The number of amides is 2. The average molecular weight is 206 g/mol. The number of benzene rings is 1. The molecule has 0 fully saturated rings. The van der Waals surface area contributed by atoms with Crippen molar-refractivity contribution in [1.82, 2.24) is 10.4 Å². The number of fused-ring (bicyclic) bond motifs is 1. The first kappa shape index (κ1) is 9.82. The molecule has 0 aromatic heterocycles. The average Bonchev–Trinajstić information content (AvgIpc) is 2.51. The third kappa shape index (κ3) is 1.51. The van der Waals surface area contributed by atoms with Crippen LogP contribution in [0.5, 0.6) is 0 Å². The Kier molecular flexibility index (Phi) is 2.49. The molecule has 2 amide bonds. The van der Waals surface area contributed by atoms with Gasteiger partial charge < -0.3 is 5.11 Å². The highest BCUT2D eigenvalue weighted by atomic mass is 16.3. The standard InChI is InChI=1S/C10H10N2O3/c13-6-5-11-12-9(14)7-3-1-2-4-8(7)10(12)15/h1-4,11,13H,5-6H2. The van der Waals surface area contributed by atoms with Crippen LogP contribution >= 0.6 is 0 Å². The third-order valence-electron chi connectivity index (χ3n) is 2.18. The predicted octanol–water partition coefficient (Wildman–Crippen LogP) is -0.221. The fraction of sp³-hybridized carbons (Fsp3) is 0.200. The van der Waals surface area contributed by atoms with Crippen LogP contribution in [-0.4, -0.2) is 35.1 Å². The van der Waals surface area contributed by atoms with Crippen LogP contribution in [0.4, 0.5) is 0 Å². The van der Waals surface area contributed by atoms with Gasteiger partial charge in [-0.05, 0) is 12.1 Å². The molecule has 1 aromatic carbocycles. The van der Waals surface area contributed by atoms with Crippen molar-refractivity contribution in [2.75, 3.05) is 13.2 Å². The number of carbonyl (C=O) groups excluding carboxylic acids is 2. The number of nitrogens with one attached hydrogen (secondary N) is 1. The number of aliphatic hydroxyl groups is 1. The van der Waals surface area contributed by atoms with Gasteiger partial charge in [0.05, 0.1) is 17.7 Å². The van der Waals surface area contributed by atoms with Crippen LogP contribution < -0.4 is 5.43 Å². The molecule has 0 spiro atoms. The number of hydrogen-bond donors (Lipinski definition) is 2. The molecule has 5 nitrogen and oxygen atoms in total. The van der Waals surface area contributed by atoms with E-state index in [2.05, 4.69) is 5.43 Å². The summed E-state index contributed by atoms with van der Waals surface area (Å²) in [6, 6.07) is 6.63. The minimum Gasteiger partial charge on any atom is -0.395 e. The van der Waals surface area contributed by atoms with Gasteiger partial charge in [0.1, 0.15) is 0 Å². The van der Waals surface area contributed by atoms with Crippen molar-refractivity contribution in [3.63, 3.8) is 0 Å². The molecule has 1 aliphatic rings. The fourth-order valence-corrected chi connectivity index (χ4v) is 1.49. The van der Waals surface area contributed by atoms with Gasteiger partial charge in [-0.25, -0.2) is 10.4 Å². The molecule has 0 unspecified atom stereocenters. The monoisotopic (exact) mass is 206 g/mol. The van der Waals surface area contributed by atoms with Gasteiger partial charge in [0.25, 0.3) is 11.8 Å². The maximum atomic E-state index is 11.7. The first-order valence-electron chi connectivity index (χ1n) is 4.58. The summed E-state index contributed by atoms with van der Waals surface area (Å²) in [6.45, 7) is 0.0405. The highest BCUT2D eigenvalue weighted by molar-refractivity contribution is 6.20. The molecule has 0 atom stereocenters. The van der Waals surface area contributed by atoms with E-state index >= 15 is 0 Å². The number of imide groups is 1. The Labute approximate surface area is 86.3 Å². The van der Waals surface area contributed by atoms with E-state index in [1.165, 1.54) is 0 Å². The third-order valence-corrected chi connectivity index (χ3v) is 2.18. The lowest BCUT2D eigenvalue weighted by atomic mass is 10.1. The first-order valence-corrected chi connectivity index (χ1v) is 4.58. The summed E-state index contributed by atoms with van der Waals surface area (Å²) in [4.78, 5) is 23.3. The summed E-state index contributed by atoms with van der Waals surface area (Å²) >= 11 is 0. The highest BCUT2D eigenvalue weighted by Gasteiger charge is 2.34. The molecule has 2 rings (SSSR count). The van der Waals surface area contributed by atoms with Crippen LogP contribution in [-0.2, 0) is 0 Å². The molecular weight excluding hydrogens is 196 g/mol. The van der Waals surface area contributed by atoms with Crippen LogP contribution in [0.15, 0.2) is 24.3 Å². The van der Waals surface area contributed by atoms with E-state index in [0.717, 1.165) is 5.01 Å². The molecule has 1 heterocycles. The van der Waals surface area contributed by atoms with E-state index in [4.69, 9.17) is 5.11 Å². The van der Waals surface area contributed by atoms with E-state index in [0.29, 0.717) is 11.1 Å². The number of aliphatic hydroxyl groups excluding tert-OH is 1. The second kappa shape index (κ2) is 3.80. The number of rotatable bonds is 3. The molecule has 0 aliphatic carbocycles. The molecule has 0 saturated heterocycles. The Bertz CT molecular complexity index is 382. The lowest BCUT2D eigenvalue weighted by Gasteiger charge is -2.13. The second-order valence-electron chi connectivity index (χ2n) is 3.12. The maximum Gasteiger partial charge on any atom is 0.276 e. The minimum absolute atomic E-state index is 0.132. The van der Waals surface area contributed by atoms with Crippen LogP contribution in [0.3, 0.4) is 0 Å². The Morgan fingerprint density at radius 1 is 1.13 bits per heavy atom. The predicted molar refractivity (Wildman–Crippen MR) is 52.0 cm³/mol. The van der Waals surface area contributed by atoms with E-state index in [-0.39, 0.29) is 25.0 Å². The lowest BCUT2D eigenvalue weighted by molar-refractivity contribution is 0.0555. The molecule has 15 heavy (non-hydrogen) atoms. The Morgan fingerprint density at radius 2 is 1.67 bits per heavy atom. The largest absolute Gasteiger partial charge is 0.395 e. The summed E-state index contributed by atoms with van der Waals surface area (Å²) in [5.74, 6) is -0.742. The number of carbonyl (C=O) groups is 2. The zero-order chi connectivity index (χ0) is 10.8. The number of hydrazine groups is 1. The van der Waals surface area contributed by atoms with Crippen molar-refractivity contribution >= 4 is 11.8 Å². The molecular formula is C10H10N2O3. The summed E-state index contributed by atoms with van der Waals surface area (Å²) < 4.78 is 0. The van der Waals surface area contributed by atoms with Crippen LogP contribution in [0, 0.1) is 0 Å². The highest BCUT2D eigenvalue weighted by Crippen LogP contribution is 2.20. The molecule has 0 radical (unpaired) electrons. The summed E-state index contributed by atoms with van der Waals surface area (Å²) in [5.41, 5.74) is 3.35. The van der Waals surface area contributed by atoms with E-state index in [9.17, 15) is 9.59 Å². The maximum absolute atomic E-state index is 11.7. The Morgan fingerprint density at radius 3 is 2.13 bits per heavy atom. The number of nitrogens with zero attached hydrogens (tertiary/aromatic N) is 1. The molecule has 0 saturated carbocycles. The summed E-state index contributed by atoms with van der Waals surface area (Å²) in [7, 11) is 0. The van der Waals surface area contributed by atoms with E-state index in [1.54, 1.807) is 24.3 Å². The summed E-state index contributed by atoms with van der Waals surface area (Å²) in [6.07, 6.45) is 0. The Hall–Kier alpha value is -1.72. The molecule has 1 aliphatic heterocycles. The van der Waals surface area contributed by atoms with Gasteiger partial charge in [0.2, 0.25) is 0 Å². The first-order chi connectivity index (χ1) is 7.25. The van der Waals surface area contributed by atoms with Gasteiger partial charge in [-0.3, -0.25) is 9.59 Å². The SMILES string of the molecule is O=C1c2ccccc2C(=O)N1NCCO. The van der Waals surface area contributed by atoms with E-state index in [1.807, 2.05) is 0 Å². The zero-order valence-electron chi connectivity index (χ0n) is 7.93. The van der Waals surface area contributed by atoms with Gasteiger partial charge >= 0.3 is 0 Å². The molecule has 0 bridgehead atoms. The van der Waals surface area contributed by atoms with Gasteiger partial charge in [0, 0.05) is 6.54 Å². The van der Waals surface area contributed by atoms with Crippen molar-refractivity contribution in [3.05, 3.63) is 35.4 Å². The smallest absolute Gasteiger partial charge is 0.276 e. The van der Waals surface area contributed by atoms with Crippen LogP contribution in [0.1, 0.15) is 20.7 Å².